The van der Waals surface area contributed by atoms with Crippen molar-refractivity contribution in [3.8, 4) is 0 Å². The molecule has 2 atom stereocenters. The van der Waals surface area contributed by atoms with Gasteiger partial charge >= 0.3 is 0 Å². The molecule has 2 rings (SSSR count). The summed E-state index contributed by atoms with van der Waals surface area (Å²) in [5, 5.41) is 13.8. The first-order valence-corrected chi connectivity index (χ1v) is 8.04. The SMILES string of the molecule is CC(C)NCC(C)(CN1CCC(C)(O)C1)c1ccccc1. The zero-order chi connectivity index (χ0) is 15.5. The standard InChI is InChI=1S/C18H30N2O/c1-15(2)19-12-17(3,16-8-6-5-7-9-16)13-20-11-10-18(4,21)14-20/h5-9,15,19,21H,10-14H2,1-4H3. The van der Waals surface area contributed by atoms with Crippen LogP contribution in [0.4, 0.5) is 0 Å². The number of nitrogens with one attached hydrogen (secondary N) is 1. The van der Waals surface area contributed by atoms with Gasteiger partial charge in [0.15, 0.2) is 0 Å². The highest BCUT2D eigenvalue weighted by Crippen LogP contribution is 2.28. The molecule has 0 saturated carbocycles. The van der Waals surface area contributed by atoms with Gasteiger partial charge in [0, 0.05) is 37.6 Å². The highest BCUT2D eigenvalue weighted by atomic mass is 16.3. The average molecular weight is 290 g/mol. The zero-order valence-corrected chi connectivity index (χ0v) is 13.9. The molecule has 118 valence electrons. The lowest BCUT2D eigenvalue weighted by Gasteiger charge is -2.35. The summed E-state index contributed by atoms with van der Waals surface area (Å²) < 4.78 is 0. The second kappa shape index (κ2) is 6.47. The minimum Gasteiger partial charge on any atom is -0.389 e. The van der Waals surface area contributed by atoms with Gasteiger partial charge in [0.2, 0.25) is 0 Å². The van der Waals surface area contributed by atoms with Crippen LogP contribution >= 0.6 is 0 Å². The fourth-order valence-electron chi connectivity index (χ4n) is 3.19. The van der Waals surface area contributed by atoms with Crippen LogP contribution in [0.5, 0.6) is 0 Å². The van der Waals surface area contributed by atoms with Gasteiger partial charge in [0.25, 0.3) is 0 Å². The maximum absolute atomic E-state index is 10.2. The van der Waals surface area contributed by atoms with Gasteiger partial charge in [0.1, 0.15) is 0 Å². The largest absolute Gasteiger partial charge is 0.389 e. The first-order valence-electron chi connectivity index (χ1n) is 8.04. The third kappa shape index (κ3) is 4.53. The molecule has 3 nitrogen and oxygen atoms in total. The maximum Gasteiger partial charge on any atom is 0.0758 e. The van der Waals surface area contributed by atoms with Gasteiger partial charge in [0.05, 0.1) is 5.60 Å². The first-order chi connectivity index (χ1) is 9.81. The summed E-state index contributed by atoms with van der Waals surface area (Å²) in [6, 6.07) is 11.2. The predicted molar refractivity (Wildman–Crippen MR) is 88.6 cm³/mol. The minimum absolute atomic E-state index is 0.0615. The summed E-state index contributed by atoms with van der Waals surface area (Å²) in [4.78, 5) is 2.40. The third-order valence-electron chi connectivity index (χ3n) is 4.47. The molecule has 1 aromatic rings. The van der Waals surface area contributed by atoms with Crippen LogP contribution in [0.2, 0.25) is 0 Å². The van der Waals surface area contributed by atoms with Gasteiger partial charge in [-0.1, -0.05) is 51.1 Å². The van der Waals surface area contributed by atoms with Gasteiger partial charge in [-0.15, -0.1) is 0 Å². The van der Waals surface area contributed by atoms with Gasteiger partial charge < -0.3 is 10.4 Å². The monoisotopic (exact) mass is 290 g/mol. The number of hydrogen-bond donors (Lipinski definition) is 2. The number of rotatable bonds is 6. The smallest absolute Gasteiger partial charge is 0.0758 e. The summed E-state index contributed by atoms with van der Waals surface area (Å²) in [5.74, 6) is 0. The van der Waals surface area contributed by atoms with Crippen molar-refractivity contribution in [1.82, 2.24) is 10.2 Å². The van der Waals surface area contributed by atoms with Crippen LogP contribution in [0, 0.1) is 0 Å². The van der Waals surface area contributed by atoms with E-state index in [1.807, 2.05) is 6.92 Å². The molecule has 0 amide bonds. The van der Waals surface area contributed by atoms with Crippen LogP contribution in [-0.2, 0) is 5.41 Å². The van der Waals surface area contributed by atoms with E-state index in [1.54, 1.807) is 0 Å². The number of hydrogen-bond acceptors (Lipinski definition) is 3. The Morgan fingerprint density at radius 2 is 2.00 bits per heavy atom. The molecular formula is C18H30N2O. The molecule has 3 heteroatoms. The fraction of sp³-hybridized carbons (Fsp3) is 0.667. The highest BCUT2D eigenvalue weighted by Gasteiger charge is 2.36. The van der Waals surface area contributed by atoms with Gasteiger partial charge in [-0.25, -0.2) is 0 Å². The van der Waals surface area contributed by atoms with E-state index in [0.717, 1.165) is 32.6 Å². The van der Waals surface area contributed by atoms with E-state index in [-0.39, 0.29) is 5.41 Å². The van der Waals surface area contributed by atoms with E-state index in [9.17, 15) is 5.11 Å². The lowest BCUT2D eigenvalue weighted by Crippen LogP contribution is -2.47. The second-order valence-corrected chi connectivity index (χ2v) is 7.42. The molecule has 2 N–H and O–H groups in total. The van der Waals surface area contributed by atoms with Crippen LogP contribution in [0.25, 0.3) is 0 Å². The van der Waals surface area contributed by atoms with Crippen LogP contribution in [0.3, 0.4) is 0 Å². The van der Waals surface area contributed by atoms with Crippen molar-refractivity contribution < 1.29 is 5.11 Å². The van der Waals surface area contributed by atoms with E-state index in [1.165, 1.54) is 5.56 Å². The summed E-state index contributed by atoms with van der Waals surface area (Å²) in [6.45, 7) is 12.3. The Hall–Kier alpha value is -0.900. The Kier molecular flexibility index (Phi) is 5.07. The number of aliphatic hydroxyl groups is 1. The van der Waals surface area contributed by atoms with Crippen molar-refractivity contribution in [1.29, 1.82) is 0 Å². The quantitative estimate of drug-likeness (QED) is 0.844. The molecule has 1 heterocycles. The number of likely N-dealkylation sites (tertiary alicyclic amines) is 1. The van der Waals surface area contributed by atoms with Gasteiger partial charge in [-0.05, 0) is 18.9 Å². The zero-order valence-electron chi connectivity index (χ0n) is 13.9. The molecule has 21 heavy (non-hydrogen) atoms. The predicted octanol–water partition coefficient (Wildman–Crippen LogP) is 2.40. The van der Waals surface area contributed by atoms with Crippen LogP contribution in [0.1, 0.15) is 39.7 Å². The molecule has 0 aromatic heterocycles. The second-order valence-electron chi connectivity index (χ2n) is 7.42. The highest BCUT2D eigenvalue weighted by molar-refractivity contribution is 5.26. The summed E-state index contributed by atoms with van der Waals surface area (Å²) in [7, 11) is 0. The lowest BCUT2D eigenvalue weighted by atomic mass is 9.81. The topological polar surface area (TPSA) is 35.5 Å². The molecule has 1 fully saturated rings. The Morgan fingerprint density at radius 3 is 2.52 bits per heavy atom. The molecule has 1 saturated heterocycles. The molecule has 0 spiro atoms. The molecule has 1 aliphatic rings. The Labute approximate surface area is 129 Å². The van der Waals surface area contributed by atoms with Crippen LogP contribution < -0.4 is 5.32 Å². The van der Waals surface area contributed by atoms with E-state index >= 15 is 0 Å². The van der Waals surface area contributed by atoms with E-state index < -0.39 is 5.60 Å². The Bertz CT molecular complexity index is 444. The van der Waals surface area contributed by atoms with Gasteiger partial charge in [-0.3, -0.25) is 4.90 Å². The normalized spacial score (nSPS) is 26.2. The molecule has 0 aliphatic carbocycles. The van der Waals surface area contributed by atoms with Crippen molar-refractivity contribution in [3.63, 3.8) is 0 Å². The third-order valence-corrected chi connectivity index (χ3v) is 4.47. The maximum atomic E-state index is 10.2. The molecule has 1 aliphatic heterocycles. The minimum atomic E-state index is -0.525. The first kappa shape index (κ1) is 16.5. The van der Waals surface area contributed by atoms with Gasteiger partial charge in [-0.2, -0.15) is 0 Å². The summed E-state index contributed by atoms with van der Waals surface area (Å²) in [5.41, 5.74) is 0.902. The molecule has 0 radical (unpaired) electrons. The molecule has 0 bridgehead atoms. The molecule has 1 aromatic carbocycles. The number of β-amino-alcohol motifs (C(OH)–C–C–N with tert-alkyl or cyclic N) is 1. The Balaban J connectivity index is 2.12. The van der Waals surface area contributed by atoms with Crippen molar-refractivity contribution in [2.75, 3.05) is 26.2 Å². The van der Waals surface area contributed by atoms with E-state index in [4.69, 9.17) is 0 Å². The van der Waals surface area contributed by atoms with Crippen molar-refractivity contribution in [2.24, 2.45) is 0 Å². The van der Waals surface area contributed by atoms with E-state index in [2.05, 4.69) is 61.3 Å². The lowest BCUT2D eigenvalue weighted by molar-refractivity contribution is 0.0657. The van der Waals surface area contributed by atoms with Crippen molar-refractivity contribution in [3.05, 3.63) is 35.9 Å². The summed E-state index contributed by atoms with van der Waals surface area (Å²) in [6.07, 6.45) is 0.871. The number of nitrogens with zero attached hydrogens (tertiary/aromatic N) is 1. The van der Waals surface area contributed by atoms with Crippen molar-refractivity contribution >= 4 is 0 Å². The van der Waals surface area contributed by atoms with Crippen LogP contribution in [0.15, 0.2) is 30.3 Å². The Morgan fingerprint density at radius 1 is 1.33 bits per heavy atom. The summed E-state index contributed by atoms with van der Waals surface area (Å²) >= 11 is 0. The fourth-order valence-corrected chi connectivity index (χ4v) is 3.19. The van der Waals surface area contributed by atoms with Crippen LogP contribution in [-0.4, -0.2) is 47.8 Å². The average Bonchev–Trinajstić information content (AvgIpc) is 2.76. The molecule has 2 unspecified atom stereocenters. The van der Waals surface area contributed by atoms with E-state index in [0.29, 0.717) is 6.04 Å². The van der Waals surface area contributed by atoms with Crippen molar-refractivity contribution in [2.45, 2.75) is 51.2 Å². The molecular weight excluding hydrogens is 260 g/mol. The number of benzene rings is 1.